The lowest BCUT2D eigenvalue weighted by atomic mass is 10.1. The zero-order valence-electron chi connectivity index (χ0n) is 9.17. The van der Waals surface area contributed by atoms with Crippen molar-refractivity contribution in [2.75, 3.05) is 14.2 Å². The zero-order valence-corrected chi connectivity index (χ0v) is 9.17. The lowest BCUT2D eigenvalue weighted by Gasteiger charge is -2.10. The molecule has 0 aliphatic carbocycles. The fraction of sp³-hybridized carbons (Fsp3) is 0.400. The summed E-state index contributed by atoms with van der Waals surface area (Å²) in [6, 6.07) is 4.63. The zero-order chi connectivity index (χ0) is 12.1. The molecule has 6 nitrogen and oxygen atoms in total. The average molecular weight is 226 g/mol. The Morgan fingerprint density at radius 2 is 2.19 bits per heavy atom. The lowest BCUT2D eigenvalue weighted by molar-refractivity contribution is -0.385. The summed E-state index contributed by atoms with van der Waals surface area (Å²) in [5.41, 5.74) is 6.37. The van der Waals surface area contributed by atoms with Crippen molar-refractivity contribution in [3.8, 4) is 5.75 Å². The quantitative estimate of drug-likeness (QED) is 0.461. The second-order valence-electron chi connectivity index (χ2n) is 3.24. The Morgan fingerprint density at radius 1 is 1.50 bits per heavy atom. The van der Waals surface area contributed by atoms with Crippen molar-refractivity contribution in [2.45, 2.75) is 12.6 Å². The maximum absolute atomic E-state index is 10.6. The van der Waals surface area contributed by atoms with E-state index < -0.39 is 11.2 Å². The molecule has 0 amide bonds. The molecule has 16 heavy (non-hydrogen) atoms. The Bertz CT molecular complexity index is 381. The Kier molecular flexibility index (Phi) is 4.21. The monoisotopic (exact) mass is 226 g/mol. The van der Waals surface area contributed by atoms with E-state index in [4.69, 9.17) is 15.2 Å². The summed E-state index contributed by atoms with van der Waals surface area (Å²) in [5, 5.41) is 10.6. The lowest BCUT2D eigenvalue weighted by Crippen LogP contribution is -2.24. The largest absolute Gasteiger partial charge is 0.490 e. The van der Waals surface area contributed by atoms with Crippen LogP contribution >= 0.6 is 0 Å². The summed E-state index contributed by atoms with van der Waals surface area (Å²) >= 11 is 0. The first-order valence-corrected chi connectivity index (χ1v) is 4.68. The molecule has 0 radical (unpaired) electrons. The number of nitro benzene ring substituents is 1. The molecule has 0 aliphatic rings. The van der Waals surface area contributed by atoms with E-state index >= 15 is 0 Å². The van der Waals surface area contributed by atoms with E-state index in [2.05, 4.69) is 0 Å². The minimum atomic E-state index is -0.487. The van der Waals surface area contributed by atoms with Crippen LogP contribution in [0, 0.1) is 10.1 Å². The van der Waals surface area contributed by atoms with Gasteiger partial charge in [-0.3, -0.25) is 10.1 Å². The van der Waals surface area contributed by atoms with Crippen molar-refractivity contribution in [1.29, 1.82) is 0 Å². The van der Waals surface area contributed by atoms with Crippen LogP contribution in [0.3, 0.4) is 0 Å². The smallest absolute Gasteiger partial charge is 0.310 e. The summed E-state index contributed by atoms with van der Waals surface area (Å²) in [4.78, 5) is 10.2. The Balaban J connectivity index is 2.95. The van der Waals surface area contributed by atoms with Crippen LogP contribution in [-0.2, 0) is 11.2 Å². The van der Waals surface area contributed by atoms with Crippen molar-refractivity contribution in [2.24, 2.45) is 5.73 Å². The van der Waals surface area contributed by atoms with E-state index in [1.807, 2.05) is 0 Å². The predicted molar refractivity (Wildman–Crippen MR) is 58.3 cm³/mol. The van der Waals surface area contributed by atoms with Crippen molar-refractivity contribution in [3.05, 3.63) is 33.9 Å². The van der Waals surface area contributed by atoms with Crippen LogP contribution < -0.4 is 10.5 Å². The molecule has 0 bridgehead atoms. The first-order chi connectivity index (χ1) is 7.58. The molecule has 0 aliphatic heterocycles. The molecule has 0 saturated carbocycles. The van der Waals surface area contributed by atoms with Gasteiger partial charge in [-0.15, -0.1) is 0 Å². The summed E-state index contributed by atoms with van der Waals surface area (Å²) in [6.45, 7) is 0. The molecule has 1 unspecified atom stereocenters. The van der Waals surface area contributed by atoms with Gasteiger partial charge in [-0.1, -0.05) is 6.07 Å². The third-order valence-electron chi connectivity index (χ3n) is 2.18. The molecule has 0 fully saturated rings. The maximum Gasteiger partial charge on any atom is 0.310 e. The van der Waals surface area contributed by atoms with Crippen LogP contribution in [0.25, 0.3) is 0 Å². The number of nitrogens with zero attached hydrogens (tertiary/aromatic N) is 1. The standard InChI is InChI=1S/C10H14N2O4/c1-15-9-5-7(6-10(11)16-2)3-4-8(9)12(13)14/h3-5,10H,6,11H2,1-2H3. The highest BCUT2D eigenvalue weighted by Gasteiger charge is 2.15. The number of hydrogen-bond donors (Lipinski definition) is 1. The fourth-order valence-electron chi connectivity index (χ4n) is 1.32. The van der Waals surface area contributed by atoms with Gasteiger partial charge >= 0.3 is 5.69 Å². The normalized spacial score (nSPS) is 12.2. The molecule has 0 aromatic heterocycles. The van der Waals surface area contributed by atoms with Crippen LogP contribution in [0.5, 0.6) is 5.75 Å². The average Bonchev–Trinajstić information content (AvgIpc) is 2.28. The van der Waals surface area contributed by atoms with Gasteiger partial charge in [-0.25, -0.2) is 0 Å². The number of benzene rings is 1. The topological polar surface area (TPSA) is 87.6 Å². The molecule has 2 N–H and O–H groups in total. The van der Waals surface area contributed by atoms with Gasteiger partial charge in [0.2, 0.25) is 0 Å². The fourth-order valence-corrected chi connectivity index (χ4v) is 1.32. The molecule has 6 heteroatoms. The van der Waals surface area contributed by atoms with E-state index in [0.29, 0.717) is 6.42 Å². The number of methoxy groups -OCH3 is 2. The second kappa shape index (κ2) is 5.43. The first kappa shape index (κ1) is 12.4. The highest BCUT2D eigenvalue weighted by molar-refractivity contribution is 5.48. The summed E-state index contributed by atoms with van der Waals surface area (Å²) in [6.07, 6.45) is 0.0522. The molecule has 88 valence electrons. The van der Waals surface area contributed by atoms with Gasteiger partial charge in [0.25, 0.3) is 0 Å². The van der Waals surface area contributed by atoms with Crippen molar-refractivity contribution in [3.63, 3.8) is 0 Å². The summed E-state index contributed by atoms with van der Waals surface area (Å²) < 4.78 is 9.85. The number of nitrogens with two attached hydrogens (primary N) is 1. The molecular weight excluding hydrogens is 212 g/mol. The molecule has 0 spiro atoms. The van der Waals surface area contributed by atoms with Crippen molar-refractivity contribution < 1.29 is 14.4 Å². The predicted octanol–water partition coefficient (Wildman–Crippen LogP) is 1.08. The minimum Gasteiger partial charge on any atom is -0.490 e. The van der Waals surface area contributed by atoms with Crippen LogP contribution in [0.4, 0.5) is 5.69 Å². The van der Waals surface area contributed by atoms with Crippen LogP contribution in [0.2, 0.25) is 0 Å². The third-order valence-corrected chi connectivity index (χ3v) is 2.18. The van der Waals surface area contributed by atoms with E-state index in [9.17, 15) is 10.1 Å². The van der Waals surface area contributed by atoms with Crippen LogP contribution in [-0.4, -0.2) is 25.4 Å². The maximum atomic E-state index is 10.6. The van der Waals surface area contributed by atoms with Gasteiger partial charge in [-0.2, -0.15) is 0 Å². The van der Waals surface area contributed by atoms with Crippen LogP contribution in [0.15, 0.2) is 18.2 Å². The van der Waals surface area contributed by atoms with E-state index in [-0.39, 0.29) is 11.4 Å². The van der Waals surface area contributed by atoms with E-state index in [0.717, 1.165) is 5.56 Å². The van der Waals surface area contributed by atoms with E-state index in [1.54, 1.807) is 12.1 Å². The molecule has 1 rings (SSSR count). The molecule has 1 aromatic carbocycles. The number of hydrogen-bond acceptors (Lipinski definition) is 5. The molecule has 0 saturated heterocycles. The van der Waals surface area contributed by atoms with Crippen molar-refractivity contribution in [1.82, 2.24) is 0 Å². The molecule has 1 atom stereocenters. The van der Waals surface area contributed by atoms with Gasteiger partial charge in [0.15, 0.2) is 5.75 Å². The van der Waals surface area contributed by atoms with Crippen LogP contribution in [0.1, 0.15) is 5.56 Å². The van der Waals surface area contributed by atoms with Gasteiger partial charge in [0, 0.05) is 19.6 Å². The first-order valence-electron chi connectivity index (χ1n) is 4.68. The van der Waals surface area contributed by atoms with Crippen molar-refractivity contribution >= 4 is 5.69 Å². The SMILES string of the molecule is COc1cc(CC(N)OC)ccc1[N+](=O)[O-]. The molecule has 0 heterocycles. The van der Waals surface area contributed by atoms with Gasteiger partial charge in [0.05, 0.1) is 12.0 Å². The summed E-state index contributed by atoms with van der Waals surface area (Å²) in [5.74, 6) is 0.228. The number of nitro groups is 1. The second-order valence-corrected chi connectivity index (χ2v) is 3.24. The van der Waals surface area contributed by atoms with E-state index in [1.165, 1.54) is 20.3 Å². The molecule has 1 aromatic rings. The number of rotatable bonds is 5. The van der Waals surface area contributed by atoms with Gasteiger partial charge < -0.3 is 15.2 Å². The Morgan fingerprint density at radius 3 is 2.69 bits per heavy atom. The third kappa shape index (κ3) is 2.91. The Hall–Kier alpha value is -1.66. The highest BCUT2D eigenvalue weighted by atomic mass is 16.6. The summed E-state index contributed by atoms with van der Waals surface area (Å²) in [7, 11) is 2.90. The Labute approximate surface area is 93.1 Å². The van der Waals surface area contributed by atoms with Gasteiger partial charge in [-0.05, 0) is 11.6 Å². The highest BCUT2D eigenvalue weighted by Crippen LogP contribution is 2.27. The number of ether oxygens (including phenoxy) is 2. The minimum absolute atomic E-state index is 0.0581. The van der Waals surface area contributed by atoms with Gasteiger partial charge in [0.1, 0.15) is 6.23 Å². The molecular formula is C10H14N2O4.